The Morgan fingerprint density at radius 3 is 2.06 bits per heavy atom. The van der Waals surface area contributed by atoms with Gasteiger partial charge in [-0.15, -0.1) is 0 Å². The van der Waals surface area contributed by atoms with E-state index in [1.165, 1.54) is 44.5 Å². The van der Waals surface area contributed by atoms with Crippen molar-refractivity contribution in [3.63, 3.8) is 0 Å². The van der Waals surface area contributed by atoms with Gasteiger partial charge < -0.3 is 20.7 Å². The third-order valence-electron chi connectivity index (χ3n) is 10.8. The molecule has 0 saturated carbocycles. The fourth-order valence-electron chi connectivity index (χ4n) is 8.27. The van der Waals surface area contributed by atoms with E-state index in [4.69, 9.17) is 15.5 Å². The highest BCUT2D eigenvalue weighted by atomic mass is 16.6. The zero-order chi connectivity index (χ0) is 37.9. The van der Waals surface area contributed by atoms with Gasteiger partial charge in [0.15, 0.2) is 5.78 Å². The third-order valence-corrected chi connectivity index (χ3v) is 10.8. The van der Waals surface area contributed by atoms with Crippen molar-refractivity contribution in [2.75, 3.05) is 18.4 Å². The summed E-state index contributed by atoms with van der Waals surface area (Å²) in [6.45, 7) is 15.3. The Balaban J connectivity index is 0.000000175. The first-order valence-electron chi connectivity index (χ1n) is 19.2. The molecule has 4 aliphatic rings. The summed E-state index contributed by atoms with van der Waals surface area (Å²) in [5, 5.41) is 3.65. The molecule has 0 fully saturated rings. The normalized spacial score (nSPS) is 18.5. The Labute approximate surface area is 316 Å². The lowest BCUT2D eigenvalue weighted by molar-refractivity contribution is 0.0270. The van der Waals surface area contributed by atoms with Crippen LogP contribution in [0.4, 0.5) is 10.6 Å². The van der Waals surface area contributed by atoms with Gasteiger partial charge in [-0.25, -0.2) is 9.78 Å². The van der Waals surface area contributed by atoms with Gasteiger partial charge in [0.1, 0.15) is 11.4 Å². The van der Waals surface area contributed by atoms with Crippen molar-refractivity contribution >= 4 is 23.3 Å². The molecule has 278 valence electrons. The lowest BCUT2D eigenvalue weighted by atomic mass is 9.98. The zero-order valence-electron chi connectivity index (χ0n) is 32.6. The molecule has 4 aromatic rings. The molecule has 53 heavy (non-hydrogen) atoms. The third kappa shape index (κ3) is 8.90. The van der Waals surface area contributed by atoms with E-state index in [0.29, 0.717) is 37.4 Å². The van der Waals surface area contributed by atoms with E-state index in [1.54, 1.807) is 4.90 Å². The Bertz CT molecular complexity index is 2020. The maximum atomic E-state index is 12.3. The number of hydrogen-bond donors (Lipinski definition) is 2. The van der Waals surface area contributed by atoms with Crippen LogP contribution in [0.3, 0.4) is 0 Å². The fourth-order valence-corrected chi connectivity index (χ4v) is 8.27. The molecule has 3 N–H and O–H groups in total. The number of rotatable bonds is 3. The van der Waals surface area contributed by atoms with E-state index in [2.05, 4.69) is 80.7 Å². The maximum absolute atomic E-state index is 12.3. The molecule has 2 unspecified atom stereocenters. The number of amides is 1. The maximum Gasteiger partial charge on any atom is 0.410 e. The van der Waals surface area contributed by atoms with Crippen LogP contribution in [0.15, 0.2) is 72.8 Å². The van der Waals surface area contributed by atoms with Gasteiger partial charge in [-0.3, -0.25) is 4.79 Å². The predicted molar refractivity (Wildman–Crippen MR) is 215 cm³/mol. The van der Waals surface area contributed by atoms with E-state index in [9.17, 15) is 9.59 Å². The number of aromatic nitrogens is 1. The van der Waals surface area contributed by atoms with Crippen LogP contribution in [-0.4, -0.2) is 40.5 Å². The summed E-state index contributed by atoms with van der Waals surface area (Å²) < 4.78 is 5.49. The Kier molecular flexibility index (Phi) is 11.5. The molecule has 0 bridgehead atoms. The smallest absolute Gasteiger partial charge is 0.410 e. The van der Waals surface area contributed by atoms with Gasteiger partial charge in [-0.05, 0) is 155 Å². The molecule has 1 aromatic heterocycles. The number of nitrogens with zero attached hydrogens (tertiary/aromatic N) is 2. The number of ether oxygens (including phenoxy) is 1. The minimum atomic E-state index is -0.469. The second kappa shape index (κ2) is 16.1. The van der Waals surface area contributed by atoms with Crippen LogP contribution >= 0.6 is 0 Å². The average Bonchev–Trinajstić information content (AvgIpc) is 3.83. The van der Waals surface area contributed by atoms with Gasteiger partial charge in [0.05, 0.1) is 6.04 Å². The predicted octanol–water partition coefficient (Wildman–Crippen LogP) is 9.89. The monoisotopic (exact) mass is 712 g/mol. The zero-order valence-corrected chi connectivity index (χ0v) is 32.6. The van der Waals surface area contributed by atoms with Crippen LogP contribution in [0.25, 0.3) is 5.57 Å². The molecule has 3 aromatic carbocycles. The molecule has 2 heterocycles. The second-order valence-electron chi connectivity index (χ2n) is 15.9. The molecular weight excluding hydrogens is 657 g/mol. The average molecular weight is 713 g/mol. The summed E-state index contributed by atoms with van der Waals surface area (Å²) in [6, 6.07) is 24.0. The van der Waals surface area contributed by atoms with E-state index in [0.717, 1.165) is 66.7 Å². The number of hydrogen-bond acceptors (Lipinski definition) is 6. The second-order valence-corrected chi connectivity index (χ2v) is 15.9. The molecule has 8 rings (SSSR count). The Morgan fingerprint density at radius 1 is 0.792 bits per heavy atom. The van der Waals surface area contributed by atoms with Gasteiger partial charge in [0.25, 0.3) is 0 Å². The SMILES string of the molecule is Cc1cccc2c1C(=O)CC2.Cc1cccc2c1C(N)CC2.Cc1cccc2c1C(Nc1ccc(C3=CCN(C(=O)OC(C)(C)C)CC3)c(C)n1)CC2. The molecule has 7 nitrogen and oxygen atoms in total. The molecule has 0 saturated heterocycles. The Morgan fingerprint density at radius 2 is 1.43 bits per heavy atom. The first-order valence-corrected chi connectivity index (χ1v) is 19.2. The number of pyridine rings is 1. The van der Waals surface area contributed by atoms with Crippen molar-refractivity contribution in [1.29, 1.82) is 0 Å². The number of Topliss-reactive ketones (excluding diaryl/α,β-unsaturated/α-hetero) is 1. The van der Waals surface area contributed by atoms with Crippen LogP contribution < -0.4 is 11.1 Å². The van der Waals surface area contributed by atoms with Crippen LogP contribution in [0.5, 0.6) is 0 Å². The summed E-state index contributed by atoms with van der Waals surface area (Å²) >= 11 is 0. The number of carbonyl (C=O) groups is 2. The van der Waals surface area contributed by atoms with Gasteiger partial charge in [-0.2, -0.15) is 0 Å². The Hall–Kier alpha value is -4.75. The summed E-state index contributed by atoms with van der Waals surface area (Å²) in [7, 11) is 0. The first kappa shape index (κ1) is 38.0. The van der Waals surface area contributed by atoms with Crippen LogP contribution in [-0.2, 0) is 24.0 Å². The highest BCUT2D eigenvalue weighted by molar-refractivity contribution is 6.01. The lowest BCUT2D eigenvalue weighted by Gasteiger charge is -2.30. The lowest BCUT2D eigenvalue weighted by Crippen LogP contribution is -2.39. The number of anilines is 1. The number of nitrogens with two attached hydrogens (primary N) is 1. The van der Waals surface area contributed by atoms with Gasteiger partial charge >= 0.3 is 6.09 Å². The summed E-state index contributed by atoms with van der Waals surface area (Å²) in [5.74, 6) is 1.24. The fraction of sp³-hybridized carbons (Fsp3) is 0.413. The quantitative estimate of drug-likeness (QED) is 0.220. The first-order chi connectivity index (χ1) is 25.3. The van der Waals surface area contributed by atoms with Crippen molar-refractivity contribution in [1.82, 2.24) is 9.88 Å². The molecular formula is C46H56N4O3. The number of carbonyl (C=O) groups excluding carboxylic acids is 2. The van der Waals surface area contributed by atoms with Crippen molar-refractivity contribution in [3.05, 3.63) is 134 Å². The van der Waals surface area contributed by atoms with Gasteiger partial charge in [0, 0.05) is 36.8 Å². The molecule has 1 amide bonds. The van der Waals surface area contributed by atoms with Crippen molar-refractivity contribution in [2.24, 2.45) is 5.73 Å². The largest absolute Gasteiger partial charge is 0.444 e. The minimum Gasteiger partial charge on any atom is -0.444 e. The van der Waals surface area contributed by atoms with E-state index in [-0.39, 0.29) is 6.09 Å². The summed E-state index contributed by atoms with van der Waals surface area (Å²) in [4.78, 5) is 30.2. The van der Waals surface area contributed by atoms with Crippen molar-refractivity contribution < 1.29 is 14.3 Å². The summed E-state index contributed by atoms with van der Waals surface area (Å²) in [6.07, 6.45) is 8.85. The molecule has 2 atom stereocenters. The van der Waals surface area contributed by atoms with Gasteiger partial charge in [0.2, 0.25) is 0 Å². The van der Waals surface area contributed by atoms with E-state index < -0.39 is 5.60 Å². The summed E-state index contributed by atoms with van der Waals surface area (Å²) in [5.41, 5.74) is 20.7. The van der Waals surface area contributed by atoms with Crippen molar-refractivity contribution in [2.45, 2.75) is 111 Å². The van der Waals surface area contributed by atoms with E-state index >= 15 is 0 Å². The number of aryl methyl sites for hydroxylation is 7. The van der Waals surface area contributed by atoms with Gasteiger partial charge in [-0.1, -0.05) is 60.7 Å². The standard InChI is InChI=1S/C26H33N3O2.C10H13N.C10H10O/c1-17-7-6-8-20-9-11-22(24(17)20)28-23-12-10-21(18(2)27-23)19-13-15-29(16-14-19)25(30)31-26(3,4)5;2*1-7-3-2-4-8-5-6-9(11)10(7)8/h6-8,10,12-13,22H,9,11,14-16H2,1-5H3,(H,27,28);2-4,9H,5-6,11H2,1H3;2-4H,5-6H2,1H3. The molecule has 1 aliphatic heterocycles. The number of ketones is 1. The number of nitrogens with one attached hydrogen (secondary N) is 1. The molecule has 3 aliphatic carbocycles. The van der Waals surface area contributed by atoms with E-state index in [1.807, 2.05) is 45.9 Å². The highest BCUT2D eigenvalue weighted by Gasteiger charge is 2.26. The van der Waals surface area contributed by atoms with Crippen LogP contribution in [0, 0.1) is 27.7 Å². The topological polar surface area (TPSA) is 97.6 Å². The minimum absolute atomic E-state index is 0.246. The molecule has 0 spiro atoms. The molecule has 0 radical (unpaired) electrons. The van der Waals surface area contributed by atoms with Crippen LogP contribution in [0.1, 0.15) is 125 Å². The molecule has 7 heteroatoms. The number of fused-ring (bicyclic) bond motifs is 3. The highest BCUT2D eigenvalue weighted by Crippen LogP contribution is 2.36. The van der Waals surface area contributed by atoms with Crippen LogP contribution in [0.2, 0.25) is 0 Å². The number of benzene rings is 3. The van der Waals surface area contributed by atoms with Crippen molar-refractivity contribution in [3.8, 4) is 0 Å².